The molecule has 0 fully saturated rings. The van der Waals surface area contributed by atoms with Crippen LogP contribution in [0.1, 0.15) is 5.56 Å². The van der Waals surface area contributed by atoms with Crippen LogP contribution in [0.25, 0.3) is 0 Å². The van der Waals surface area contributed by atoms with Crippen molar-refractivity contribution in [3.05, 3.63) is 43.5 Å². The Morgan fingerprint density at radius 2 is 1.90 bits per heavy atom. The molecule has 0 aliphatic rings. The minimum absolute atomic E-state index is 0.164. The van der Waals surface area contributed by atoms with E-state index in [1.54, 1.807) is 23.5 Å². The van der Waals surface area contributed by atoms with Crippen molar-refractivity contribution in [2.24, 2.45) is 0 Å². The number of benzene rings is 1. The molecule has 1 aromatic carbocycles. The lowest BCUT2D eigenvalue weighted by molar-refractivity contribution is 0.580. The van der Waals surface area contributed by atoms with Crippen LogP contribution in [0, 0.1) is 0 Å². The van der Waals surface area contributed by atoms with Gasteiger partial charge in [0, 0.05) is 21.2 Å². The number of nitrogens with two attached hydrogens (primary N) is 1. The Bertz CT molecular complexity index is 677. The molecule has 0 atom stereocenters. The smallest absolute Gasteiger partial charge is 0.242 e. The minimum Gasteiger partial charge on any atom is -0.399 e. The van der Waals surface area contributed by atoms with Gasteiger partial charge in [0.2, 0.25) is 10.0 Å². The molecule has 0 aliphatic heterocycles. The van der Waals surface area contributed by atoms with Gasteiger partial charge in [-0.3, -0.25) is 0 Å². The Labute approximate surface area is 138 Å². The molecule has 0 amide bonds. The highest BCUT2D eigenvalue weighted by molar-refractivity contribution is 9.11. The first kappa shape index (κ1) is 16.0. The second-order valence-electron chi connectivity index (χ2n) is 4.09. The van der Waals surface area contributed by atoms with Gasteiger partial charge in [0.05, 0.1) is 0 Å². The van der Waals surface area contributed by atoms with Gasteiger partial charge in [-0.25, -0.2) is 13.1 Å². The maximum atomic E-state index is 12.3. The molecule has 1 heterocycles. The standard InChI is InChI=1S/C12H12Br2N2O2S2/c13-10-5-9(15)6-11(14)12(10)20(17,18)16-3-1-8-2-4-19-7-8/h2,4-7,16H,1,3,15H2. The van der Waals surface area contributed by atoms with Gasteiger partial charge in [-0.2, -0.15) is 11.3 Å². The SMILES string of the molecule is Nc1cc(Br)c(S(=O)(=O)NCCc2ccsc2)c(Br)c1. The van der Waals surface area contributed by atoms with E-state index < -0.39 is 10.0 Å². The van der Waals surface area contributed by atoms with Gasteiger partial charge in [0.1, 0.15) is 4.90 Å². The number of rotatable bonds is 5. The molecule has 4 nitrogen and oxygen atoms in total. The number of anilines is 1. The van der Waals surface area contributed by atoms with Crippen LogP contribution < -0.4 is 10.5 Å². The summed E-state index contributed by atoms with van der Waals surface area (Å²) in [5.74, 6) is 0. The van der Waals surface area contributed by atoms with Crippen molar-refractivity contribution in [2.75, 3.05) is 12.3 Å². The molecular weight excluding hydrogens is 428 g/mol. The Balaban J connectivity index is 2.14. The molecular formula is C12H12Br2N2O2S2. The van der Waals surface area contributed by atoms with Crippen LogP contribution in [-0.2, 0) is 16.4 Å². The number of thiophene rings is 1. The molecule has 3 N–H and O–H groups in total. The highest BCUT2D eigenvalue weighted by Gasteiger charge is 2.21. The van der Waals surface area contributed by atoms with Crippen molar-refractivity contribution in [1.29, 1.82) is 0 Å². The van der Waals surface area contributed by atoms with E-state index in [1.807, 2.05) is 16.8 Å². The number of nitrogens with one attached hydrogen (secondary N) is 1. The lowest BCUT2D eigenvalue weighted by Gasteiger charge is -2.11. The van der Waals surface area contributed by atoms with Crippen molar-refractivity contribution in [1.82, 2.24) is 4.72 Å². The first-order chi connectivity index (χ1) is 9.40. The molecule has 1 aromatic heterocycles. The average molecular weight is 440 g/mol. The Morgan fingerprint density at radius 3 is 2.45 bits per heavy atom. The number of hydrogen-bond donors (Lipinski definition) is 2. The highest BCUT2D eigenvalue weighted by atomic mass is 79.9. The van der Waals surface area contributed by atoms with Crippen LogP contribution in [0.3, 0.4) is 0 Å². The summed E-state index contributed by atoms with van der Waals surface area (Å²) in [6.45, 7) is 0.350. The summed E-state index contributed by atoms with van der Waals surface area (Å²) in [5, 5.41) is 3.97. The molecule has 0 aliphatic carbocycles. The predicted octanol–water partition coefficient (Wildman–Crippen LogP) is 3.38. The van der Waals surface area contributed by atoms with Gasteiger partial charge < -0.3 is 5.73 Å². The van der Waals surface area contributed by atoms with E-state index in [0.29, 0.717) is 27.6 Å². The molecule has 0 radical (unpaired) electrons. The van der Waals surface area contributed by atoms with Gasteiger partial charge in [-0.15, -0.1) is 0 Å². The summed E-state index contributed by atoms with van der Waals surface area (Å²) >= 11 is 8.07. The Morgan fingerprint density at radius 1 is 1.25 bits per heavy atom. The number of halogens is 2. The van der Waals surface area contributed by atoms with Crippen LogP contribution in [0.2, 0.25) is 0 Å². The third-order valence-electron chi connectivity index (χ3n) is 2.58. The van der Waals surface area contributed by atoms with Crippen LogP contribution in [-0.4, -0.2) is 15.0 Å². The van der Waals surface area contributed by atoms with E-state index in [0.717, 1.165) is 5.56 Å². The van der Waals surface area contributed by atoms with Crippen LogP contribution in [0.5, 0.6) is 0 Å². The summed E-state index contributed by atoms with van der Waals surface area (Å²) in [6.07, 6.45) is 0.660. The van der Waals surface area contributed by atoms with Gasteiger partial charge in [-0.1, -0.05) is 0 Å². The highest BCUT2D eigenvalue weighted by Crippen LogP contribution is 2.32. The summed E-state index contributed by atoms with van der Waals surface area (Å²) in [6, 6.07) is 5.12. The van der Waals surface area contributed by atoms with Crippen molar-refractivity contribution in [3.8, 4) is 0 Å². The zero-order chi connectivity index (χ0) is 14.8. The van der Waals surface area contributed by atoms with Crippen molar-refractivity contribution in [3.63, 3.8) is 0 Å². The maximum Gasteiger partial charge on any atom is 0.242 e. The van der Waals surface area contributed by atoms with E-state index in [-0.39, 0.29) is 4.90 Å². The van der Waals surface area contributed by atoms with E-state index in [1.165, 1.54) is 0 Å². The first-order valence-electron chi connectivity index (χ1n) is 5.65. The van der Waals surface area contributed by atoms with E-state index >= 15 is 0 Å². The molecule has 0 bridgehead atoms. The maximum absolute atomic E-state index is 12.3. The fourth-order valence-electron chi connectivity index (χ4n) is 1.67. The minimum atomic E-state index is -3.59. The lowest BCUT2D eigenvalue weighted by Crippen LogP contribution is -2.26. The molecule has 0 spiro atoms. The molecule has 108 valence electrons. The van der Waals surface area contributed by atoms with Crippen LogP contribution >= 0.6 is 43.2 Å². The van der Waals surface area contributed by atoms with Crippen molar-refractivity contribution < 1.29 is 8.42 Å². The molecule has 2 rings (SSSR count). The Hall–Kier alpha value is -0.410. The topological polar surface area (TPSA) is 72.2 Å². The molecule has 2 aromatic rings. The monoisotopic (exact) mass is 438 g/mol. The zero-order valence-electron chi connectivity index (χ0n) is 10.3. The summed E-state index contributed by atoms with van der Waals surface area (Å²) in [7, 11) is -3.59. The third kappa shape index (κ3) is 3.82. The molecule has 8 heteroatoms. The summed E-state index contributed by atoms with van der Waals surface area (Å²) in [4.78, 5) is 0.164. The number of hydrogen-bond acceptors (Lipinski definition) is 4. The predicted molar refractivity (Wildman–Crippen MR) is 89.5 cm³/mol. The van der Waals surface area contributed by atoms with E-state index in [4.69, 9.17) is 5.73 Å². The van der Waals surface area contributed by atoms with Gasteiger partial charge >= 0.3 is 0 Å². The number of sulfonamides is 1. The second kappa shape index (κ2) is 6.57. The van der Waals surface area contributed by atoms with Crippen molar-refractivity contribution in [2.45, 2.75) is 11.3 Å². The van der Waals surface area contributed by atoms with E-state index in [2.05, 4.69) is 36.6 Å². The Kier molecular flexibility index (Phi) is 5.25. The van der Waals surface area contributed by atoms with E-state index in [9.17, 15) is 8.42 Å². The zero-order valence-corrected chi connectivity index (χ0v) is 15.1. The molecule has 0 saturated heterocycles. The van der Waals surface area contributed by atoms with Gasteiger partial charge in [0.25, 0.3) is 0 Å². The van der Waals surface area contributed by atoms with Crippen LogP contribution in [0.15, 0.2) is 42.8 Å². The largest absolute Gasteiger partial charge is 0.399 e. The van der Waals surface area contributed by atoms with Gasteiger partial charge in [-0.05, 0) is 72.8 Å². The number of nitrogen functional groups attached to an aromatic ring is 1. The van der Waals surface area contributed by atoms with Gasteiger partial charge in [0.15, 0.2) is 0 Å². The van der Waals surface area contributed by atoms with Crippen molar-refractivity contribution >= 4 is 58.9 Å². The fraction of sp³-hybridized carbons (Fsp3) is 0.167. The normalized spacial score (nSPS) is 11.7. The quantitative estimate of drug-likeness (QED) is 0.701. The molecule has 20 heavy (non-hydrogen) atoms. The lowest BCUT2D eigenvalue weighted by atomic mass is 10.2. The molecule has 0 unspecified atom stereocenters. The first-order valence-corrected chi connectivity index (χ1v) is 9.66. The summed E-state index contributed by atoms with van der Waals surface area (Å²) < 4.78 is 28.1. The van der Waals surface area contributed by atoms with Crippen LogP contribution in [0.4, 0.5) is 5.69 Å². The second-order valence-corrected chi connectivity index (χ2v) is 8.29. The average Bonchev–Trinajstić information content (AvgIpc) is 2.79. The summed E-state index contributed by atoms with van der Waals surface area (Å²) in [5.41, 5.74) is 7.27. The fourth-order valence-corrected chi connectivity index (χ4v) is 6.02. The third-order valence-corrected chi connectivity index (χ3v) is 6.64. The molecule has 0 saturated carbocycles.